The minimum atomic E-state index is -1.23. The quantitative estimate of drug-likeness (QED) is 0.0718. The molecule has 11 nitrogen and oxygen atoms in total. The molecule has 1 fully saturated rings. The van der Waals surface area contributed by atoms with E-state index in [1.807, 2.05) is 25.5 Å². The molecule has 3 aromatic rings. The third-order valence-corrected chi connectivity index (χ3v) is 10.7. The number of amides is 2. The number of anilines is 1. The number of nitrogens with one attached hydrogen (secondary N) is 2. The van der Waals surface area contributed by atoms with Crippen molar-refractivity contribution in [1.29, 1.82) is 0 Å². The van der Waals surface area contributed by atoms with Gasteiger partial charge in [-0.1, -0.05) is 26.6 Å². The average molecular weight is 725 g/mol. The Balaban J connectivity index is 1.48. The fourth-order valence-electron chi connectivity index (χ4n) is 5.80. The summed E-state index contributed by atoms with van der Waals surface area (Å²) in [5.74, 6) is -1.69. The molecular weight excluding hydrogens is 676 g/mol. The van der Waals surface area contributed by atoms with Gasteiger partial charge in [0.05, 0.1) is 23.5 Å². The van der Waals surface area contributed by atoms with Crippen molar-refractivity contribution in [2.24, 2.45) is 0 Å². The normalized spacial score (nSPS) is 14.8. The second kappa shape index (κ2) is 17.2. The number of aromatic nitrogens is 5. The molecule has 0 unspecified atom stereocenters. The van der Waals surface area contributed by atoms with Crippen LogP contribution >= 0.6 is 23.2 Å². The Morgan fingerprint density at radius 3 is 2.54 bits per heavy atom. The van der Waals surface area contributed by atoms with Gasteiger partial charge in [0.15, 0.2) is 0 Å². The first-order chi connectivity index (χ1) is 22.8. The topological polar surface area (TPSA) is 125 Å². The predicted octanol–water partition coefficient (Wildman–Crippen LogP) is 6.83. The molecule has 4 heterocycles. The van der Waals surface area contributed by atoms with E-state index in [4.69, 9.17) is 32.7 Å². The van der Waals surface area contributed by atoms with Crippen LogP contribution in [0.15, 0.2) is 18.3 Å². The molecule has 3 aromatic heterocycles. The molecule has 48 heavy (non-hydrogen) atoms. The highest BCUT2D eigenvalue weighted by atomic mass is 35.5. The van der Waals surface area contributed by atoms with E-state index in [9.17, 15) is 9.59 Å². The Kier molecular flexibility index (Phi) is 13.6. The summed E-state index contributed by atoms with van der Waals surface area (Å²) in [6.45, 7) is 14.8. The molecule has 0 radical (unpaired) electrons. The summed E-state index contributed by atoms with van der Waals surface area (Å²) in [6, 6.07) is 3.37. The lowest BCUT2D eigenvalue weighted by Crippen LogP contribution is -2.44. The SMILES string of the molecule is CCc1c(-c2ccc(NC(=O)[C@H](CCCC(Cl)Cl)NC(=O)c3cnn(C4CCOCC4)c3C)nc2F)c(C)nn1COCC[Si](C)(C)C. The zero-order chi connectivity index (χ0) is 35.0. The Hall–Kier alpha value is -2.84. The van der Waals surface area contributed by atoms with Gasteiger partial charge < -0.3 is 20.1 Å². The van der Waals surface area contributed by atoms with Crippen LogP contribution in [0.5, 0.6) is 0 Å². The molecule has 2 N–H and O–H groups in total. The van der Waals surface area contributed by atoms with E-state index < -0.39 is 36.7 Å². The van der Waals surface area contributed by atoms with Gasteiger partial charge in [0.2, 0.25) is 11.9 Å². The first kappa shape index (κ1) is 38.0. The van der Waals surface area contributed by atoms with Gasteiger partial charge in [-0.3, -0.25) is 14.3 Å². The van der Waals surface area contributed by atoms with Crippen LogP contribution in [0.2, 0.25) is 25.7 Å². The maximum Gasteiger partial charge on any atom is 0.255 e. The van der Waals surface area contributed by atoms with E-state index in [1.165, 1.54) is 6.20 Å². The smallest absolute Gasteiger partial charge is 0.255 e. The summed E-state index contributed by atoms with van der Waals surface area (Å²) in [5, 5.41) is 14.6. The predicted molar refractivity (Wildman–Crippen MR) is 189 cm³/mol. The monoisotopic (exact) mass is 723 g/mol. The number of hydrogen-bond acceptors (Lipinski definition) is 7. The van der Waals surface area contributed by atoms with Crippen molar-refractivity contribution in [2.45, 2.75) is 109 Å². The largest absolute Gasteiger partial charge is 0.381 e. The number of nitrogens with zero attached hydrogens (tertiary/aromatic N) is 5. The third-order valence-electron chi connectivity index (χ3n) is 8.51. The van der Waals surface area contributed by atoms with Gasteiger partial charge in [0.25, 0.3) is 5.91 Å². The van der Waals surface area contributed by atoms with Crippen molar-refractivity contribution in [2.75, 3.05) is 25.1 Å². The van der Waals surface area contributed by atoms with Gasteiger partial charge in [-0.25, -0.2) is 9.67 Å². The Morgan fingerprint density at radius 1 is 1.17 bits per heavy atom. The molecule has 15 heteroatoms. The van der Waals surface area contributed by atoms with Crippen molar-refractivity contribution in [3.05, 3.63) is 46.9 Å². The van der Waals surface area contributed by atoms with Crippen LogP contribution in [-0.2, 0) is 27.4 Å². The van der Waals surface area contributed by atoms with E-state index in [0.717, 1.165) is 24.6 Å². The molecule has 0 aliphatic carbocycles. The summed E-state index contributed by atoms with van der Waals surface area (Å²) in [5.41, 5.74) is 3.54. The number of rotatable bonds is 16. The summed E-state index contributed by atoms with van der Waals surface area (Å²) in [4.78, 5) is 30.3. The molecule has 0 saturated carbocycles. The first-order valence-electron chi connectivity index (χ1n) is 16.6. The number of carbonyl (C=O) groups is 2. The van der Waals surface area contributed by atoms with E-state index in [0.29, 0.717) is 61.6 Å². The van der Waals surface area contributed by atoms with Gasteiger partial charge in [0, 0.05) is 50.4 Å². The highest BCUT2D eigenvalue weighted by molar-refractivity contribution is 6.76. The molecule has 0 aromatic carbocycles. The van der Waals surface area contributed by atoms with Crippen LogP contribution in [0, 0.1) is 19.8 Å². The average Bonchev–Trinajstić information content (AvgIpc) is 3.57. The maximum atomic E-state index is 15.6. The molecule has 0 bridgehead atoms. The highest BCUT2D eigenvalue weighted by Crippen LogP contribution is 2.31. The summed E-state index contributed by atoms with van der Waals surface area (Å²) >= 11 is 11.9. The summed E-state index contributed by atoms with van der Waals surface area (Å²) < 4.78 is 30.6. The van der Waals surface area contributed by atoms with E-state index >= 15 is 4.39 Å². The molecule has 0 spiro atoms. The van der Waals surface area contributed by atoms with Crippen molar-refractivity contribution in [1.82, 2.24) is 29.9 Å². The van der Waals surface area contributed by atoms with Crippen molar-refractivity contribution in [3.63, 3.8) is 0 Å². The number of pyridine rings is 1. The number of halogens is 3. The molecule has 1 aliphatic rings. The number of aryl methyl sites for hydroxylation is 1. The Morgan fingerprint density at radius 2 is 1.90 bits per heavy atom. The highest BCUT2D eigenvalue weighted by Gasteiger charge is 2.27. The number of alkyl halides is 2. The van der Waals surface area contributed by atoms with Crippen LogP contribution in [0.1, 0.15) is 72.5 Å². The zero-order valence-electron chi connectivity index (χ0n) is 28.7. The minimum Gasteiger partial charge on any atom is -0.381 e. The number of hydrogen-bond donors (Lipinski definition) is 2. The maximum absolute atomic E-state index is 15.6. The van der Waals surface area contributed by atoms with Crippen LogP contribution in [0.25, 0.3) is 11.1 Å². The van der Waals surface area contributed by atoms with Gasteiger partial charge in [-0.15, -0.1) is 23.2 Å². The Labute approximate surface area is 293 Å². The molecule has 1 aliphatic heterocycles. The van der Waals surface area contributed by atoms with Gasteiger partial charge in [-0.05, 0) is 70.5 Å². The second-order valence-electron chi connectivity index (χ2n) is 13.4. The van der Waals surface area contributed by atoms with E-state index in [1.54, 1.807) is 16.8 Å². The van der Waals surface area contributed by atoms with Gasteiger partial charge >= 0.3 is 0 Å². The van der Waals surface area contributed by atoms with Crippen molar-refractivity contribution < 1.29 is 23.5 Å². The van der Waals surface area contributed by atoms with Crippen LogP contribution in [-0.4, -0.2) is 75.1 Å². The summed E-state index contributed by atoms with van der Waals surface area (Å²) in [7, 11) is -1.23. The fraction of sp³-hybridized carbons (Fsp3) is 0.606. The Bertz CT molecular complexity index is 1550. The first-order valence-corrected chi connectivity index (χ1v) is 21.2. The summed E-state index contributed by atoms with van der Waals surface area (Å²) in [6.07, 6.45) is 4.93. The number of ether oxygens (including phenoxy) is 2. The molecule has 1 atom stereocenters. The zero-order valence-corrected chi connectivity index (χ0v) is 31.3. The van der Waals surface area contributed by atoms with Crippen molar-refractivity contribution in [3.8, 4) is 11.1 Å². The van der Waals surface area contributed by atoms with Gasteiger partial charge in [-0.2, -0.15) is 14.6 Å². The van der Waals surface area contributed by atoms with E-state index in [-0.39, 0.29) is 30.6 Å². The van der Waals surface area contributed by atoms with E-state index in [2.05, 4.69) is 45.5 Å². The molecule has 1 saturated heterocycles. The second-order valence-corrected chi connectivity index (χ2v) is 20.3. The molecule has 4 rings (SSSR count). The third kappa shape index (κ3) is 10.1. The van der Waals surface area contributed by atoms with Crippen LogP contribution in [0.3, 0.4) is 0 Å². The lowest BCUT2D eigenvalue weighted by molar-refractivity contribution is -0.118. The number of carbonyl (C=O) groups excluding carboxylic acids is 2. The van der Waals surface area contributed by atoms with Crippen LogP contribution < -0.4 is 10.6 Å². The molecule has 264 valence electrons. The molecule has 2 amide bonds. The lowest BCUT2D eigenvalue weighted by atomic mass is 10.0. The molecular formula is C33H48Cl2FN7O4Si. The standard InChI is InChI=1S/C33H48Cl2FN7O4Si/c1-7-27-30(21(2)41-42(27)20-47-17-18-48(4,5)6)24-11-12-29(39-31(24)36)40-33(45)26(9-8-10-28(34)35)38-32(44)25-19-37-43(22(25)3)23-13-15-46-16-14-23/h11-12,19,23,26,28H,7-10,13-18,20H2,1-6H3,(H,38,44)(H,39,40,45)/t26-/m0/s1. The lowest BCUT2D eigenvalue weighted by Gasteiger charge is -2.23. The van der Waals surface area contributed by atoms with Crippen LogP contribution in [0.4, 0.5) is 10.2 Å². The van der Waals surface area contributed by atoms with Crippen molar-refractivity contribution >= 4 is 48.9 Å². The fourth-order valence-corrected chi connectivity index (χ4v) is 6.87. The van der Waals surface area contributed by atoms with Gasteiger partial charge in [0.1, 0.15) is 23.4 Å². The minimum absolute atomic E-state index is 0.0225.